The first-order valence-electron chi connectivity index (χ1n) is 5.27. The maximum Gasteiger partial charge on any atom is 0.472 e. The van der Waals surface area contributed by atoms with Crippen LogP contribution in [0.15, 0.2) is 0 Å². The van der Waals surface area contributed by atoms with Crippen molar-refractivity contribution in [2.24, 2.45) is 11.8 Å². The van der Waals surface area contributed by atoms with Crippen LogP contribution in [0.4, 0.5) is 4.79 Å². The highest BCUT2D eigenvalue weighted by molar-refractivity contribution is 7.46. The van der Waals surface area contributed by atoms with E-state index in [1.165, 1.54) is 0 Å². The summed E-state index contributed by atoms with van der Waals surface area (Å²) in [5, 5.41) is 2.61. The molecule has 0 unspecified atom stereocenters. The van der Waals surface area contributed by atoms with Gasteiger partial charge >= 0.3 is 13.9 Å². The summed E-state index contributed by atoms with van der Waals surface area (Å²) in [7, 11) is -4.60. The van der Waals surface area contributed by atoms with E-state index in [0.29, 0.717) is 0 Å². The molecule has 0 heterocycles. The Labute approximate surface area is 101 Å². The van der Waals surface area contributed by atoms with Gasteiger partial charge in [0.2, 0.25) is 6.79 Å². The lowest BCUT2D eigenvalue weighted by molar-refractivity contribution is 0.0363. The molecule has 0 saturated carbocycles. The minimum absolute atomic E-state index is 0.0717. The summed E-state index contributed by atoms with van der Waals surface area (Å²) in [5.74, 6) is 0.454. The van der Waals surface area contributed by atoms with E-state index < -0.39 is 20.7 Å². The molecule has 3 N–H and O–H groups in total. The molecule has 0 aliphatic heterocycles. The maximum atomic E-state index is 11.3. The van der Waals surface area contributed by atoms with Gasteiger partial charge in [-0.3, -0.25) is 0 Å². The molecule has 0 aromatic carbocycles. The van der Waals surface area contributed by atoms with Crippen LogP contribution in [0.3, 0.4) is 0 Å². The van der Waals surface area contributed by atoms with Crippen LogP contribution in [-0.2, 0) is 13.8 Å². The third kappa shape index (κ3) is 8.15. The first-order chi connectivity index (χ1) is 7.63. The zero-order valence-electron chi connectivity index (χ0n) is 10.4. The Balaban J connectivity index is 4.04. The second kappa shape index (κ2) is 6.96. The summed E-state index contributed by atoms with van der Waals surface area (Å²) < 4.78 is 18.8. The van der Waals surface area contributed by atoms with Crippen LogP contribution in [0, 0.1) is 11.8 Å². The molecule has 0 spiro atoms. The zero-order valence-corrected chi connectivity index (χ0v) is 11.3. The summed E-state index contributed by atoms with van der Waals surface area (Å²) in [6, 6.07) is -0.0717. The topological polar surface area (TPSA) is 105 Å². The Hall–Kier alpha value is -0.620. The van der Waals surface area contributed by atoms with Gasteiger partial charge in [-0.15, -0.1) is 0 Å². The molecule has 0 saturated heterocycles. The molecule has 0 aromatic heterocycles. The third-order valence-electron chi connectivity index (χ3n) is 2.13. The van der Waals surface area contributed by atoms with Crippen LogP contribution < -0.4 is 5.32 Å². The molecule has 17 heavy (non-hydrogen) atoms. The average molecular weight is 269 g/mol. The van der Waals surface area contributed by atoms with Crippen molar-refractivity contribution in [3.8, 4) is 0 Å². The van der Waals surface area contributed by atoms with Gasteiger partial charge in [0.05, 0.1) is 0 Å². The van der Waals surface area contributed by atoms with E-state index in [-0.39, 0.29) is 17.9 Å². The standard InChI is InChI=1S/C9H20NO6P/c1-6(2)8(7(3)4)10-9(11)15-5-16-17(12,13)14/h6-8H,5H2,1-4H3,(H,10,11)(H2,12,13,14). The normalized spacial score (nSPS) is 12.3. The molecule has 0 aliphatic carbocycles. The van der Waals surface area contributed by atoms with Gasteiger partial charge in [0.25, 0.3) is 0 Å². The Morgan fingerprint density at radius 3 is 2.06 bits per heavy atom. The van der Waals surface area contributed by atoms with E-state index in [2.05, 4.69) is 14.6 Å². The number of hydrogen-bond acceptors (Lipinski definition) is 4. The van der Waals surface area contributed by atoms with Crippen molar-refractivity contribution in [3.05, 3.63) is 0 Å². The fraction of sp³-hybridized carbons (Fsp3) is 0.889. The largest absolute Gasteiger partial charge is 0.472 e. The molecule has 0 aromatic rings. The summed E-state index contributed by atoms with van der Waals surface area (Å²) in [4.78, 5) is 28.0. The summed E-state index contributed by atoms with van der Waals surface area (Å²) >= 11 is 0. The predicted molar refractivity (Wildman–Crippen MR) is 61.1 cm³/mol. The van der Waals surface area contributed by atoms with Crippen LogP contribution >= 0.6 is 7.82 Å². The van der Waals surface area contributed by atoms with E-state index >= 15 is 0 Å². The first kappa shape index (κ1) is 16.4. The minimum atomic E-state index is -4.60. The molecule has 0 rings (SSSR count). The predicted octanol–water partition coefficient (Wildman–Crippen LogP) is 1.46. The Kier molecular flexibility index (Phi) is 6.70. The monoisotopic (exact) mass is 269 g/mol. The van der Waals surface area contributed by atoms with Crippen molar-refractivity contribution in [1.82, 2.24) is 5.32 Å². The van der Waals surface area contributed by atoms with E-state index in [0.717, 1.165) is 0 Å². The Bertz CT molecular complexity index is 279. The number of rotatable bonds is 6. The lowest BCUT2D eigenvalue weighted by Gasteiger charge is -2.25. The lowest BCUT2D eigenvalue weighted by Crippen LogP contribution is -2.42. The summed E-state index contributed by atoms with van der Waals surface area (Å²) in [5.41, 5.74) is 0. The number of alkyl carbamates (subject to hydrolysis) is 1. The van der Waals surface area contributed by atoms with Gasteiger partial charge < -0.3 is 19.8 Å². The van der Waals surface area contributed by atoms with Crippen LogP contribution in [0.2, 0.25) is 0 Å². The van der Waals surface area contributed by atoms with Gasteiger partial charge in [-0.2, -0.15) is 0 Å². The number of carbonyl (C=O) groups is 1. The highest BCUT2D eigenvalue weighted by Crippen LogP contribution is 2.35. The molecule has 0 radical (unpaired) electrons. The smallest absolute Gasteiger partial charge is 0.422 e. The number of carbonyl (C=O) groups excluding carboxylic acids is 1. The van der Waals surface area contributed by atoms with Crippen molar-refractivity contribution in [1.29, 1.82) is 0 Å². The molecule has 0 aliphatic rings. The minimum Gasteiger partial charge on any atom is -0.422 e. The van der Waals surface area contributed by atoms with E-state index in [1.54, 1.807) is 0 Å². The fourth-order valence-electron chi connectivity index (χ4n) is 1.43. The van der Waals surface area contributed by atoms with Crippen LogP contribution in [0.1, 0.15) is 27.7 Å². The van der Waals surface area contributed by atoms with Crippen molar-refractivity contribution in [3.63, 3.8) is 0 Å². The second-order valence-electron chi connectivity index (χ2n) is 4.33. The number of hydrogen-bond donors (Lipinski definition) is 3. The number of phosphoric ester groups is 1. The molecule has 7 nitrogen and oxygen atoms in total. The van der Waals surface area contributed by atoms with Crippen molar-refractivity contribution in [2.75, 3.05) is 6.79 Å². The highest BCUT2D eigenvalue weighted by atomic mass is 31.2. The molecule has 102 valence electrons. The second-order valence-corrected chi connectivity index (χ2v) is 5.57. The first-order valence-corrected chi connectivity index (χ1v) is 6.80. The number of phosphoric acid groups is 1. The van der Waals surface area contributed by atoms with Crippen molar-refractivity contribution >= 4 is 13.9 Å². The molecule has 1 amide bonds. The van der Waals surface area contributed by atoms with E-state index in [4.69, 9.17) is 9.79 Å². The Morgan fingerprint density at radius 1 is 1.24 bits per heavy atom. The summed E-state index contributed by atoms with van der Waals surface area (Å²) in [6.45, 7) is 7.04. The average Bonchev–Trinajstić information content (AvgIpc) is 2.10. The van der Waals surface area contributed by atoms with E-state index in [9.17, 15) is 9.36 Å². The zero-order chi connectivity index (χ0) is 13.6. The lowest BCUT2D eigenvalue weighted by atomic mass is 9.93. The van der Waals surface area contributed by atoms with Gasteiger partial charge in [0, 0.05) is 6.04 Å². The third-order valence-corrected chi connectivity index (χ3v) is 2.57. The quantitative estimate of drug-likeness (QED) is 0.498. The number of ether oxygens (including phenoxy) is 1. The summed E-state index contributed by atoms with van der Waals surface area (Å²) in [6.07, 6.45) is -0.758. The number of amides is 1. The van der Waals surface area contributed by atoms with Crippen molar-refractivity contribution < 1.29 is 28.4 Å². The van der Waals surface area contributed by atoms with Gasteiger partial charge in [-0.05, 0) is 11.8 Å². The fourth-order valence-corrected chi connectivity index (χ4v) is 1.62. The van der Waals surface area contributed by atoms with Crippen LogP contribution in [0.25, 0.3) is 0 Å². The molecular weight excluding hydrogens is 249 g/mol. The molecular formula is C9H20NO6P. The highest BCUT2D eigenvalue weighted by Gasteiger charge is 2.21. The molecule has 0 bridgehead atoms. The molecule has 8 heteroatoms. The SMILES string of the molecule is CC(C)C(NC(=O)OCOP(=O)(O)O)C(C)C. The van der Waals surface area contributed by atoms with Crippen LogP contribution in [-0.4, -0.2) is 28.7 Å². The maximum absolute atomic E-state index is 11.3. The van der Waals surface area contributed by atoms with Gasteiger partial charge in [0.1, 0.15) is 0 Å². The van der Waals surface area contributed by atoms with Crippen molar-refractivity contribution in [2.45, 2.75) is 33.7 Å². The van der Waals surface area contributed by atoms with E-state index in [1.807, 2.05) is 27.7 Å². The van der Waals surface area contributed by atoms with Gasteiger partial charge in [0.15, 0.2) is 0 Å². The Morgan fingerprint density at radius 2 is 1.71 bits per heavy atom. The van der Waals surface area contributed by atoms with Crippen LogP contribution in [0.5, 0.6) is 0 Å². The van der Waals surface area contributed by atoms with Gasteiger partial charge in [-0.25, -0.2) is 13.9 Å². The molecule has 0 atom stereocenters. The number of nitrogens with one attached hydrogen (secondary N) is 1. The van der Waals surface area contributed by atoms with Gasteiger partial charge in [-0.1, -0.05) is 27.7 Å². The molecule has 0 fully saturated rings.